The molecular weight excluding hydrogens is 335 g/mol. The smallest absolute Gasteiger partial charge is 0.289 e. The Morgan fingerprint density at radius 1 is 1.08 bits per heavy atom. The summed E-state index contributed by atoms with van der Waals surface area (Å²) in [5.41, 5.74) is 0.980. The van der Waals surface area contributed by atoms with E-state index in [2.05, 4.69) is 0 Å². The molecule has 0 saturated carbocycles. The lowest BCUT2D eigenvalue weighted by Gasteiger charge is -2.35. The average molecular weight is 358 g/mol. The minimum Gasteiger partial charge on any atom is -0.459 e. The topological polar surface area (TPSA) is 53.8 Å². The molecule has 0 aliphatic carbocycles. The Kier molecular flexibility index (Phi) is 5.71. The van der Waals surface area contributed by atoms with Gasteiger partial charge in [0, 0.05) is 32.6 Å². The fourth-order valence-electron chi connectivity index (χ4n) is 3.29. The molecule has 1 aromatic carbocycles. The first kappa shape index (κ1) is 18.2. The number of rotatable bonds is 5. The van der Waals surface area contributed by atoms with Crippen LogP contribution in [0.2, 0.25) is 0 Å². The van der Waals surface area contributed by atoms with Crippen molar-refractivity contribution in [3.8, 4) is 0 Å². The van der Waals surface area contributed by atoms with Crippen LogP contribution in [0.25, 0.3) is 0 Å². The van der Waals surface area contributed by atoms with Crippen LogP contribution in [0.4, 0.5) is 4.39 Å². The summed E-state index contributed by atoms with van der Waals surface area (Å²) in [6, 6.07) is 9.69. The van der Waals surface area contributed by atoms with Gasteiger partial charge >= 0.3 is 0 Å². The first-order chi connectivity index (χ1) is 12.6. The summed E-state index contributed by atoms with van der Waals surface area (Å²) < 4.78 is 18.2. The van der Waals surface area contributed by atoms with E-state index in [4.69, 9.17) is 4.42 Å². The van der Waals surface area contributed by atoms with E-state index in [1.807, 2.05) is 6.92 Å². The molecule has 0 N–H and O–H groups in total. The number of benzene rings is 1. The Bertz CT molecular complexity index is 735. The molecule has 6 heteroatoms. The molecule has 2 heterocycles. The first-order valence-electron chi connectivity index (χ1n) is 8.94. The largest absolute Gasteiger partial charge is 0.459 e. The highest BCUT2D eigenvalue weighted by Gasteiger charge is 2.27. The highest BCUT2D eigenvalue weighted by molar-refractivity contribution is 5.91. The monoisotopic (exact) mass is 358 g/mol. The average Bonchev–Trinajstić information content (AvgIpc) is 3.21. The van der Waals surface area contributed by atoms with Crippen LogP contribution in [0.1, 0.15) is 41.8 Å². The molecule has 3 rings (SSSR count). The van der Waals surface area contributed by atoms with Gasteiger partial charge in [-0.2, -0.15) is 0 Å². The van der Waals surface area contributed by atoms with Gasteiger partial charge in [0.25, 0.3) is 5.91 Å². The van der Waals surface area contributed by atoms with Gasteiger partial charge < -0.3 is 14.2 Å². The summed E-state index contributed by atoms with van der Waals surface area (Å²) >= 11 is 0. The highest BCUT2D eigenvalue weighted by atomic mass is 19.1. The zero-order valence-electron chi connectivity index (χ0n) is 14.9. The minimum atomic E-state index is -0.271. The van der Waals surface area contributed by atoms with Gasteiger partial charge in [0.1, 0.15) is 5.82 Å². The molecule has 2 amide bonds. The lowest BCUT2D eigenvalue weighted by Crippen LogP contribution is -2.50. The maximum Gasteiger partial charge on any atom is 0.289 e. The number of furan rings is 1. The van der Waals surface area contributed by atoms with E-state index in [1.54, 1.807) is 34.1 Å². The zero-order valence-corrected chi connectivity index (χ0v) is 14.9. The Labute approximate surface area is 152 Å². The molecule has 5 nitrogen and oxygen atoms in total. The van der Waals surface area contributed by atoms with E-state index in [9.17, 15) is 14.0 Å². The van der Waals surface area contributed by atoms with Crippen molar-refractivity contribution in [3.05, 3.63) is 59.8 Å². The van der Waals surface area contributed by atoms with Gasteiger partial charge in [-0.3, -0.25) is 9.59 Å². The SMILES string of the molecule is CCC(CC(=O)N1CCN(C(=O)c2ccco2)CC1)c1ccc(F)cc1. The van der Waals surface area contributed by atoms with E-state index >= 15 is 0 Å². The second-order valence-electron chi connectivity index (χ2n) is 6.51. The quantitative estimate of drug-likeness (QED) is 0.824. The van der Waals surface area contributed by atoms with Crippen LogP contribution >= 0.6 is 0 Å². The van der Waals surface area contributed by atoms with Crippen molar-refractivity contribution in [1.82, 2.24) is 9.80 Å². The number of carbonyl (C=O) groups is 2. The standard InChI is InChI=1S/C20H23FN2O3/c1-2-15(16-5-7-17(21)8-6-16)14-19(24)22-9-11-23(12-10-22)20(25)18-4-3-13-26-18/h3-8,13,15H,2,9-12,14H2,1H3. The second-order valence-corrected chi connectivity index (χ2v) is 6.51. The van der Waals surface area contributed by atoms with E-state index in [0.717, 1.165) is 12.0 Å². The molecule has 2 aromatic rings. The predicted octanol–water partition coefficient (Wildman–Crippen LogP) is 3.29. The van der Waals surface area contributed by atoms with Crippen molar-refractivity contribution in [2.75, 3.05) is 26.2 Å². The van der Waals surface area contributed by atoms with Crippen molar-refractivity contribution in [3.63, 3.8) is 0 Å². The Morgan fingerprint density at radius 2 is 1.73 bits per heavy atom. The van der Waals surface area contributed by atoms with Gasteiger partial charge in [0.2, 0.25) is 5.91 Å². The summed E-state index contributed by atoms with van der Waals surface area (Å²) in [6.07, 6.45) is 2.69. The van der Waals surface area contributed by atoms with Crippen LogP contribution in [0, 0.1) is 5.82 Å². The van der Waals surface area contributed by atoms with Gasteiger partial charge in [-0.1, -0.05) is 19.1 Å². The number of piperazine rings is 1. The summed E-state index contributed by atoms with van der Waals surface area (Å²) in [6.45, 7) is 4.06. The van der Waals surface area contributed by atoms with Gasteiger partial charge in [0.15, 0.2) is 5.76 Å². The fourth-order valence-corrected chi connectivity index (χ4v) is 3.29. The van der Waals surface area contributed by atoms with E-state index in [0.29, 0.717) is 38.4 Å². The van der Waals surface area contributed by atoms with Crippen molar-refractivity contribution < 1.29 is 18.4 Å². The summed E-state index contributed by atoms with van der Waals surface area (Å²) in [4.78, 5) is 28.4. The van der Waals surface area contributed by atoms with Gasteiger partial charge in [-0.15, -0.1) is 0 Å². The molecule has 1 fully saturated rings. The maximum absolute atomic E-state index is 13.1. The molecule has 1 unspecified atom stereocenters. The normalized spacial score (nSPS) is 15.8. The predicted molar refractivity (Wildman–Crippen MR) is 95.2 cm³/mol. The van der Waals surface area contributed by atoms with E-state index in [-0.39, 0.29) is 23.5 Å². The van der Waals surface area contributed by atoms with E-state index in [1.165, 1.54) is 18.4 Å². The summed E-state index contributed by atoms with van der Waals surface area (Å²) in [5, 5.41) is 0. The number of hydrogen-bond acceptors (Lipinski definition) is 3. The Balaban J connectivity index is 1.54. The number of nitrogens with zero attached hydrogens (tertiary/aromatic N) is 2. The van der Waals surface area contributed by atoms with Gasteiger partial charge in [-0.05, 0) is 42.2 Å². The second kappa shape index (κ2) is 8.17. The lowest BCUT2D eigenvalue weighted by molar-refractivity contribution is -0.133. The van der Waals surface area contributed by atoms with Crippen molar-refractivity contribution in [2.45, 2.75) is 25.7 Å². The molecular formula is C20H23FN2O3. The van der Waals surface area contributed by atoms with Gasteiger partial charge in [0.05, 0.1) is 6.26 Å². The molecule has 26 heavy (non-hydrogen) atoms. The minimum absolute atomic E-state index is 0.0749. The van der Waals surface area contributed by atoms with Crippen LogP contribution in [0.15, 0.2) is 47.1 Å². The number of amides is 2. The Morgan fingerprint density at radius 3 is 2.31 bits per heavy atom. The molecule has 1 atom stereocenters. The third kappa shape index (κ3) is 4.12. The van der Waals surface area contributed by atoms with Crippen molar-refractivity contribution >= 4 is 11.8 Å². The van der Waals surface area contributed by atoms with Crippen LogP contribution in [0.5, 0.6) is 0 Å². The molecule has 1 saturated heterocycles. The van der Waals surface area contributed by atoms with Gasteiger partial charge in [-0.25, -0.2) is 4.39 Å². The molecule has 138 valence electrons. The zero-order chi connectivity index (χ0) is 18.5. The third-order valence-corrected chi connectivity index (χ3v) is 4.91. The van der Waals surface area contributed by atoms with Crippen LogP contribution in [0.3, 0.4) is 0 Å². The van der Waals surface area contributed by atoms with Crippen molar-refractivity contribution in [1.29, 1.82) is 0 Å². The Hall–Kier alpha value is -2.63. The molecule has 1 aromatic heterocycles. The van der Waals surface area contributed by atoms with Crippen LogP contribution in [-0.4, -0.2) is 47.8 Å². The maximum atomic E-state index is 13.1. The lowest BCUT2D eigenvalue weighted by atomic mass is 9.92. The molecule has 1 aliphatic heterocycles. The molecule has 1 aliphatic rings. The van der Waals surface area contributed by atoms with E-state index < -0.39 is 0 Å². The number of halogens is 1. The van der Waals surface area contributed by atoms with Crippen molar-refractivity contribution in [2.24, 2.45) is 0 Å². The molecule has 0 bridgehead atoms. The molecule has 0 radical (unpaired) electrons. The fraction of sp³-hybridized carbons (Fsp3) is 0.400. The van der Waals surface area contributed by atoms with Crippen LogP contribution in [-0.2, 0) is 4.79 Å². The third-order valence-electron chi connectivity index (χ3n) is 4.91. The highest BCUT2D eigenvalue weighted by Crippen LogP contribution is 2.25. The first-order valence-corrected chi connectivity index (χ1v) is 8.94. The number of hydrogen-bond donors (Lipinski definition) is 0. The molecule has 0 spiro atoms. The number of carbonyl (C=O) groups excluding carboxylic acids is 2. The summed E-state index contributed by atoms with van der Waals surface area (Å²) in [5.74, 6) is 0.0661. The van der Waals surface area contributed by atoms with Crippen LogP contribution < -0.4 is 0 Å². The summed E-state index contributed by atoms with van der Waals surface area (Å²) in [7, 11) is 0.